The third-order valence-corrected chi connectivity index (χ3v) is 4.93. The van der Waals surface area contributed by atoms with Crippen LogP contribution in [0.4, 0.5) is 13.2 Å². The Morgan fingerprint density at radius 3 is 2.38 bits per heavy atom. The van der Waals surface area contributed by atoms with Gasteiger partial charge in [-0.3, -0.25) is 9.59 Å². The minimum Gasteiger partial charge on any atom is -0.367 e. The first kappa shape index (κ1) is 22.2. The Bertz CT molecular complexity index is 669. The van der Waals surface area contributed by atoms with Gasteiger partial charge in [0.15, 0.2) is 0 Å². The first-order valence-electron chi connectivity index (χ1n) is 8.09. The Morgan fingerprint density at radius 2 is 1.85 bits per heavy atom. The van der Waals surface area contributed by atoms with Gasteiger partial charge >= 0.3 is 6.18 Å². The summed E-state index contributed by atoms with van der Waals surface area (Å²) in [5.74, 6) is -1.71. The van der Waals surface area contributed by atoms with Crippen LogP contribution in [0.15, 0.2) is 24.3 Å². The van der Waals surface area contributed by atoms with Crippen LogP contribution in [0.1, 0.15) is 37.3 Å². The standard InChI is InChI=1S/C17H22F3N3O2.ClH/c1-16(15(22)25,11-5-3-6-12(8-11)17(18,19)20)23-14(24)13-7-2-4-10(13)9-21;/h3,5-6,8,10,13H,2,4,7,9,21H2,1H3,(H2,22,25)(H,23,24);1H/t10-,13-,16?;/m1./s1. The van der Waals surface area contributed by atoms with Crippen molar-refractivity contribution in [3.63, 3.8) is 0 Å². The lowest BCUT2D eigenvalue weighted by Crippen LogP contribution is -2.54. The number of hydrogen-bond acceptors (Lipinski definition) is 3. The number of hydrogen-bond donors (Lipinski definition) is 3. The van der Waals surface area contributed by atoms with Crippen molar-refractivity contribution in [1.29, 1.82) is 0 Å². The highest BCUT2D eigenvalue weighted by Gasteiger charge is 2.41. The van der Waals surface area contributed by atoms with Gasteiger partial charge in [-0.15, -0.1) is 12.4 Å². The van der Waals surface area contributed by atoms with E-state index in [9.17, 15) is 22.8 Å². The van der Waals surface area contributed by atoms with Crippen LogP contribution < -0.4 is 16.8 Å². The molecule has 26 heavy (non-hydrogen) atoms. The number of alkyl halides is 3. The van der Waals surface area contributed by atoms with Crippen molar-refractivity contribution in [3.05, 3.63) is 35.4 Å². The monoisotopic (exact) mass is 393 g/mol. The summed E-state index contributed by atoms with van der Waals surface area (Å²) in [6, 6.07) is 4.26. The van der Waals surface area contributed by atoms with Gasteiger partial charge in [-0.2, -0.15) is 13.2 Å². The Hall–Kier alpha value is -1.80. The molecule has 1 aromatic carbocycles. The van der Waals surface area contributed by atoms with Crippen LogP contribution in [0, 0.1) is 11.8 Å². The zero-order valence-corrected chi connectivity index (χ0v) is 15.1. The van der Waals surface area contributed by atoms with Gasteiger partial charge in [-0.1, -0.05) is 18.6 Å². The molecule has 3 atom stereocenters. The quantitative estimate of drug-likeness (QED) is 0.716. The van der Waals surface area contributed by atoms with Crippen LogP contribution in [-0.2, 0) is 21.3 Å². The van der Waals surface area contributed by atoms with Crippen LogP contribution in [0.3, 0.4) is 0 Å². The molecule has 1 aliphatic carbocycles. The maximum Gasteiger partial charge on any atom is 0.416 e. The van der Waals surface area contributed by atoms with Gasteiger partial charge in [0.05, 0.1) is 5.56 Å². The maximum absolute atomic E-state index is 12.9. The van der Waals surface area contributed by atoms with Crippen molar-refractivity contribution >= 4 is 24.2 Å². The van der Waals surface area contributed by atoms with E-state index in [2.05, 4.69) is 5.32 Å². The molecule has 2 amide bonds. The molecule has 9 heteroatoms. The predicted molar refractivity (Wildman–Crippen MR) is 93.3 cm³/mol. The zero-order chi connectivity index (χ0) is 18.8. The Kier molecular flexibility index (Phi) is 7.07. The van der Waals surface area contributed by atoms with Gasteiger partial charge in [0.1, 0.15) is 5.54 Å². The predicted octanol–water partition coefficient (Wildman–Crippen LogP) is 2.32. The average molecular weight is 394 g/mol. The van der Waals surface area contributed by atoms with Crippen molar-refractivity contribution in [1.82, 2.24) is 5.32 Å². The molecule has 1 aliphatic rings. The molecular formula is C17H23ClF3N3O2. The average Bonchev–Trinajstić information content (AvgIpc) is 3.02. The molecule has 1 aromatic rings. The van der Waals surface area contributed by atoms with Crippen LogP contribution in [0.25, 0.3) is 0 Å². The van der Waals surface area contributed by atoms with E-state index in [4.69, 9.17) is 11.5 Å². The highest BCUT2D eigenvalue weighted by Crippen LogP contribution is 2.34. The van der Waals surface area contributed by atoms with Crippen LogP contribution >= 0.6 is 12.4 Å². The SMILES string of the molecule is CC(NC(=O)[C@@H]1CCC[C@@H]1CN)(C(N)=O)c1cccc(C(F)(F)F)c1.Cl. The van der Waals surface area contributed by atoms with E-state index in [1.807, 2.05) is 0 Å². The number of amides is 2. The van der Waals surface area contributed by atoms with Gasteiger partial charge in [-0.05, 0) is 49.9 Å². The number of benzene rings is 1. The molecule has 5 N–H and O–H groups in total. The van der Waals surface area contributed by atoms with E-state index in [0.29, 0.717) is 13.0 Å². The van der Waals surface area contributed by atoms with E-state index >= 15 is 0 Å². The number of nitrogens with two attached hydrogens (primary N) is 2. The number of halogens is 4. The summed E-state index contributed by atoms with van der Waals surface area (Å²) in [7, 11) is 0. The van der Waals surface area contributed by atoms with Crippen molar-refractivity contribution in [2.45, 2.75) is 37.9 Å². The summed E-state index contributed by atoms with van der Waals surface area (Å²) in [4.78, 5) is 24.6. The minimum absolute atomic E-state index is 0. The highest BCUT2D eigenvalue weighted by molar-refractivity contribution is 5.92. The number of carbonyl (C=O) groups is 2. The smallest absolute Gasteiger partial charge is 0.367 e. The second-order valence-electron chi connectivity index (χ2n) is 6.59. The largest absolute Gasteiger partial charge is 0.416 e. The van der Waals surface area contributed by atoms with Gasteiger partial charge < -0.3 is 16.8 Å². The number of rotatable bonds is 5. The number of nitrogens with one attached hydrogen (secondary N) is 1. The van der Waals surface area contributed by atoms with E-state index in [1.54, 1.807) is 0 Å². The molecule has 5 nitrogen and oxygen atoms in total. The topological polar surface area (TPSA) is 98.2 Å². The maximum atomic E-state index is 12.9. The molecular weight excluding hydrogens is 371 g/mol. The second-order valence-corrected chi connectivity index (χ2v) is 6.59. The van der Waals surface area contributed by atoms with Crippen LogP contribution in [-0.4, -0.2) is 18.4 Å². The highest BCUT2D eigenvalue weighted by atomic mass is 35.5. The first-order valence-corrected chi connectivity index (χ1v) is 8.09. The summed E-state index contributed by atoms with van der Waals surface area (Å²) >= 11 is 0. The normalized spacial score (nSPS) is 22.2. The van der Waals surface area contributed by atoms with E-state index in [1.165, 1.54) is 19.1 Å². The Morgan fingerprint density at radius 1 is 1.23 bits per heavy atom. The third-order valence-electron chi connectivity index (χ3n) is 4.93. The molecule has 0 saturated heterocycles. The lowest BCUT2D eigenvalue weighted by Gasteiger charge is -2.31. The van der Waals surface area contributed by atoms with Gasteiger partial charge in [0, 0.05) is 5.92 Å². The lowest BCUT2D eigenvalue weighted by atomic mass is 9.87. The van der Waals surface area contributed by atoms with Crippen LogP contribution in [0.2, 0.25) is 0 Å². The second kappa shape index (κ2) is 8.26. The molecule has 2 rings (SSSR count). The van der Waals surface area contributed by atoms with Crippen molar-refractivity contribution in [2.75, 3.05) is 6.54 Å². The lowest BCUT2D eigenvalue weighted by molar-refractivity contribution is -0.138. The summed E-state index contributed by atoms with van der Waals surface area (Å²) in [5, 5.41) is 2.56. The molecule has 0 aromatic heterocycles. The summed E-state index contributed by atoms with van der Waals surface area (Å²) in [6.07, 6.45) is -2.28. The van der Waals surface area contributed by atoms with E-state index in [-0.39, 0.29) is 29.8 Å². The molecule has 1 fully saturated rings. The molecule has 146 valence electrons. The van der Waals surface area contributed by atoms with Crippen molar-refractivity contribution in [3.8, 4) is 0 Å². The molecule has 0 radical (unpaired) electrons. The van der Waals surface area contributed by atoms with Crippen LogP contribution in [0.5, 0.6) is 0 Å². The Balaban J connectivity index is 0.00000338. The molecule has 0 spiro atoms. The van der Waals surface area contributed by atoms with Gasteiger partial charge in [-0.25, -0.2) is 0 Å². The number of primary amides is 1. The Labute approximate surface area is 156 Å². The summed E-state index contributed by atoms with van der Waals surface area (Å²) in [6.45, 7) is 1.66. The molecule has 1 saturated carbocycles. The van der Waals surface area contributed by atoms with E-state index in [0.717, 1.165) is 25.0 Å². The molecule has 1 unspecified atom stereocenters. The van der Waals surface area contributed by atoms with E-state index < -0.39 is 29.1 Å². The first-order chi connectivity index (χ1) is 11.6. The summed E-state index contributed by atoms with van der Waals surface area (Å²) in [5.41, 5.74) is 8.43. The fourth-order valence-electron chi connectivity index (χ4n) is 3.29. The van der Waals surface area contributed by atoms with Gasteiger partial charge in [0.2, 0.25) is 11.8 Å². The van der Waals surface area contributed by atoms with Crippen molar-refractivity contribution < 1.29 is 22.8 Å². The summed E-state index contributed by atoms with van der Waals surface area (Å²) < 4.78 is 38.8. The number of carbonyl (C=O) groups excluding carboxylic acids is 2. The fourth-order valence-corrected chi connectivity index (χ4v) is 3.29. The molecule has 0 bridgehead atoms. The molecule has 0 heterocycles. The van der Waals surface area contributed by atoms with Gasteiger partial charge in [0.25, 0.3) is 0 Å². The molecule has 0 aliphatic heterocycles. The fraction of sp³-hybridized carbons (Fsp3) is 0.529. The third kappa shape index (κ3) is 4.48. The zero-order valence-electron chi connectivity index (χ0n) is 14.3. The van der Waals surface area contributed by atoms with Crippen molar-refractivity contribution in [2.24, 2.45) is 23.3 Å². The minimum atomic E-state index is -4.56.